The van der Waals surface area contributed by atoms with Crippen molar-refractivity contribution in [2.75, 3.05) is 4.43 Å². The van der Waals surface area contributed by atoms with E-state index < -0.39 is 32.6 Å². The van der Waals surface area contributed by atoms with Crippen LogP contribution in [-0.2, 0) is 30.0 Å². The molecule has 0 bridgehead atoms. The van der Waals surface area contributed by atoms with Gasteiger partial charge in [-0.2, -0.15) is 0 Å². The molecule has 1 N–H and O–H groups in total. The van der Waals surface area contributed by atoms with E-state index in [4.69, 9.17) is 23.4 Å². The number of hydrogen-bond acceptors (Lipinski definition) is 6. The molecule has 2 fully saturated rings. The maximum atomic E-state index is 10.7. The number of hydrogen-bond donors (Lipinski definition) is 1. The van der Waals surface area contributed by atoms with Crippen molar-refractivity contribution in [1.82, 2.24) is 0 Å². The first kappa shape index (κ1) is 26.5. The van der Waals surface area contributed by atoms with Gasteiger partial charge >= 0.3 is 0 Å². The van der Waals surface area contributed by atoms with E-state index in [0.717, 1.165) is 16.4 Å². The average molecular weight is 579 g/mol. The molecule has 0 amide bonds. The Labute approximate surface area is 207 Å². The Bertz CT molecular complexity index is 738. The van der Waals surface area contributed by atoms with Gasteiger partial charge in [0.2, 0.25) is 0 Å². The summed E-state index contributed by atoms with van der Waals surface area (Å²) < 4.78 is 32.4. The van der Waals surface area contributed by atoms with Gasteiger partial charge in [-0.3, -0.25) is 0 Å². The zero-order valence-electron chi connectivity index (χ0n) is 20.3. The lowest BCUT2D eigenvalue weighted by atomic mass is 10.0. The number of benzene rings is 1. The lowest BCUT2D eigenvalue weighted by Gasteiger charge is -2.41. The van der Waals surface area contributed by atoms with E-state index in [1.165, 1.54) is 0 Å². The van der Waals surface area contributed by atoms with Crippen LogP contribution in [0.5, 0.6) is 0 Å². The van der Waals surface area contributed by atoms with Crippen LogP contribution in [0.4, 0.5) is 0 Å². The largest absolute Gasteiger partial charge is 0.411 e. The fourth-order valence-electron chi connectivity index (χ4n) is 3.96. The highest BCUT2D eigenvalue weighted by atomic mass is 127. The second kappa shape index (κ2) is 10.3. The highest BCUT2D eigenvalue weighted by Gasteiger charge is 2.53. The smallest absolute Gasteiger partial charge is 0.192 e. The topological polar surface area (TPSA) is 66.4 Å². The lowest BCUT2D eigenvalue weighted by molar-refractivity contribution is -0.183. The van der Waals surface area contributed by atoms with Crippen LogP contribution in [0, 0.1) is 0 Å². The summed E-state index contributed by atoms with van der Waals surface area (Å²) in [7, 11) is -2.04. The van der Waals surface area contributed by atoms with Gasteiger partial charge < -0.3 is 28.5 Å². The van der Waals surface area contributed by atoms with Crippen molar-refractivity contribution in [2.24, 2.45) is 0 Å². The van der Waals surface area contributed by atoms with E-state index in [2.05, 4.69) is 56.5 Å². The average Bonchev–Trinajstić information content (AvgIpc) is 3.21. The summed E-state index contributed by atoms with van der Waals surface area (Å²) in [6, 6.07) is 10.0. The van der Waals surface area contributed by atoms with E-state index in [1.54, 1.807) is 13.8 Å². The number of ether oxygens (including phenoxy) is 4. The molecule has 1 aromatic carbocycles. The Morgan fingerprint density at radius 3 is 2.34 bits per heavy atom. The van der Waals surface area contributed by atoms with E-state index in [0.29, 0.717) is 6.61 Å². The van der Waals surface area contributed by atoms with E-state index in [1.807, 2.05) is 30.3 Å². The Hall–Kier alpha value is -0.0731. The molecule has 2 aliphatic heterocycles. The molecule has 6 atom stereocenters. The van der Waals surface area contributed by atoms with Gasteiger partial charge in [0.1, 0.15) is 18.3 Å². The molecule has 0 aromatic heterocycles. The molecule has 6 nitrogen and oxygen atoms in total. The molecular formula is C24H39IO6Si. The minimum Gasteiger partial charge on any atom is -0.411 e. The summed E-state index contributed by atoms with van der Waals surface area (Å²) in [4.78, 5) is 0. The van der Waals surface area contributed by atoms with Gasteiger partial charge in [-0.25, -0.2) is 0 Å². The molecule has 0 aliphatic carbocycles. The Kier molecular flexibility index (Phi) is 8.52. The van der Waals surface area contributed by atoms with Crippen molar-refractivity contribution in [3.05, 3.63) is 35.9 Å². The minimum atomic E-state index is -2.04. The molecule has 2 heterocycles. The molecule has 2 unspecified atom stereocenters. The van der Waals surface area contributed by atoms with E-state index >= 15 is 0 Å². The number of aliphatic hydroxyl groups excluding tert-OH is 1. The molecule has 3 rings (SSSR count). The Balaban J connectivity index is 1.87. The number of alkyl halides is 1. The fourth-order valence-corrected chi connectivity index (χ4v) is 5.87. The fraction of sp³-hybridized carbons (Fsp3) is 0.750. The second-order valence-electron chi connectivity index (χ2n) is 10.8. The monoisotopic (exact) mass is 578 g/mol. The molecule has 8 heteroatoms. The first-order valence-electron chi connectivity index (χ1n) is 11.4. The van der Waals surface area contributed by atoms with E-state index in [9.17, 15) is 5.11 Å². The van der Waals surface area contributed by atoms with Crippen LogP contribution in [0.25, 0.3) is 0 Å². The van der Waals surface area contributed by atoms with Crippen molar-refractivity contribution >= 4 is 30.9 Å². The molecule has 2 aliphatic rings. The van der Waals surface area contributed by atoms with Crippen LogP contribution in [0.1, 0.15) is 46.6 Å². The van der Waals surface area contributed by atoms with Gasteiger partial charge in [0, 0.05) is 10.8 Å². The van der Waals surface area contributed by atoms with Gasteiger partial charge in [0.15, 0.2) is 20.4 Å². The van der Waals surface area contributed by atoms with Crippen molar-refractivity contribution in [3.63, 3.8) is 0 Å². The zero-order chi connectivity index (χ0) is 23.7. The summed E-state index contributed by atoms with van der Waals surface area (Å²) in [5.74, 6) is -0.893. The molecule has 0 saturated carbocycles. The molecule has 32 heavy (non-hydrogen) atoms. The van der Waals surface area contributed by atoms with Gasteiger partial charge in [-0.1, -0.05) is 73.7 Å². The first-order valence-corrected chi connectivity index (χ1v) is 15.8. The number of rotatable bonds is 8. The maximum Gasteiger partial charge on any atom is 0.192 e. The second-order valence-corrected chi connectivity index (χ2v) is 16.4. The summed E-state index contributed by atoms with van der Waals surface area (Å²) in [5.41, 5.74) is 1.05. The third-order valence-corrected chi connectivity index (χ3v) is 12.2. The number of aliphatic hydroxyl groups is 1. The highest BCUT2D eigenvalue weighted by Crippen LogP contribution is 2.42. The Morgan fingerprint density at radius 2 is 1.81 bits per heavy atom. The van der Waals surface area contributed by atoms with Crippen LogP contribution in [0.3, 0.4) is 0 Å². The van der Waals surface area contributed by atoms with Gasteiger partial charge in [0.05, 0.1) is 18.8 Å². The third-order valence-electron chi connectivity index (χ3n) is 6.67. The zero-order valence-corrected chi connectivity index (χ0v) is 23.5. The maximum absolute atomic E-state index is 10.7. The van der Waals surface area contributed by atoms with Gasteiger partial charge in [-0.05, 0) is 37.5 Å². The standard InChI is InChI=1S/C24H39IO6Si/c1-23(2,3)32(6,7)31-18-13-17(14-25)28-19(18)20(21-22(26)30-24(4,5)29-21)27-15-16-11-9-8-10-12-16/h8-12,17-22,26H,13-15H2,1-7H3/t17?,18-,19+,20-,21+,22?/m0/s1. The molecule has 0 spiro atoms. The summed E-state index contributed by atoms with van der Waals surface area (Å²) in [6.07, 6.45) is -1.90. The molecule has 2 saturated heterocycles. The SMILES string of the molecule is CC1(C)OC(O)[C@@H]([C@@H](OCc2ccccc2)[C@@H]2OC(CI)C[C@@H]2O[Si](C)(C)C(C)(C)C)O1. The van der Waals surface area contributed by atoms with Crippen molar-refractivity contribution in [1.29, 1.82) is 0 Å². The highest BCUT2D eigenvalue weighted by molar-refractivity contribution is 14.1. The van der Waals surface area contributed by atoms with Crippen LogP contribution in [0.2, 0.25) is 18.1 Å². The number of halogens is 1. The molecule has 1 aromatic rings. The lowest BCUT2D eigenvalue weighted by Crippen LogP contribution is -2.53. The molecule has 0 radical (unpaired) electrons. The van der Waals surface area contributed by atoms with Crippen molar-refractivity contribution in [3.8, 4) is 0 Å². The quantitative estimate of drug-likeness (QED) is 0.266. The van der Waals surface area contributed by atoms with Crippen LogP contribution in [0.15, 0.2) is 30.3 Å². The summed E-state index contributed by atoms with van der Waals surface area (Å²) in [6.45, 7) is 15.2. The summed E-state index contributed by atoms with van der Waals surface area (Å²) in [5, 5.41) is 10.8. The van der Waals surface area contributed by atoms with Crippen molar-refractivity contribution < 1.29 is 28.5 Å². The van der Waals surface area contributed by atoms with Crippen LogP contribution in [-0.4, -0.2) is 60.4 Å². The minimum absolute atomic E-state index is 0.0747. The first-order chi connectivity index (χ1) is 14.8. The molecular weight excluding hydrogens is 539 g/mol. The third kappa shape index (κ3) is 6.32. The normalized spacial score (nSPS) is 31.7. The summed E-state index contributed by atoms with van der Waals surface area (Å²) >= 11 is 2.36. The van der Waals surface area contributed by atoms with Crippen LogP contribution < -0.4 is 0 Å². The predicted molar refractivity (Wildman–Crippen MR) is 135 cm³/mol. The van der Waals surface area contributed by atoms with E-state index in [-0.39, 0.29) is 23.4 Å². The van der Waals surface area contributed by atoms with Gasteiger partial charge in [-0.15, -0.1) is 0 Å². The van der Waals surface area contributed by atoms with Crippen molar-refractivity contribution in [2.45, 2.75) is 108 Å². The predicted octanol–water partition coefficient (Wildman–Crippen LogP) is 5.02. The molecule has 182 valence electrons. The Morgan fingerprint density at radius 1 is 1.16 bits per heavy atom. The van der Waals surface area contributed by atoms with Gasteiger partial charge in [0.25, 0.3) is 0 Å². The van der Waals surface area contributed by atoms with Crippen LogP contribution >= 0.6 is 22.6 Å².